The van der Waals surface area contributed by atoms with Gasteiger partial charge in [-0.25, -0.2) is 0 Å². The van der Waals surface area contributed by atoms with Gasteiger partial charge in [-0.3, -0.25) is 0 Å². The Kier molecular flexibility index (Phi) is 5.88. The van der Waals surface area contributed by atoms with Crippen molar-refractivity contribution in [3.05, 3.63) is 157 Å². The van der Waals surface area contributed by atoms with Crippen LogP contribution in [0.4, 0.5) is 0 Å². The van der Waals surface area contributed by atoms with Gasteiger partial charge in [0, 0.05) is 21.5 Å². The van der Waals surface area contributed by atoms with Gasteiger partial charge in [0.2, 0.25) is 0 Å². The van der Waals surface area contributed by atoms with Crippen LogP contribution in [-0.4, -0.2) is 0 Å². The Morgan fingerprint density at radius 1 is 0.370 bits per heavy atom. The second-order valence-corrected chi connectivity index (χ2v) is 11.6. The van der Waals surface area contributed by atoms with Crippen molar-refractivity contribution in [2.75, 3.05) is 0 Å². The highest BCUT2D eigenvalue weighted by molar-refractivity contribution is 6.13. The number of fused-ring (bicyclic) bond motifs is 6. The van der Waals surface area contributed by atoms with Gasteiger partial charge in [-0.2, -0.15) is 5.26 Å². The lowest BCUT2D eigenvalue weighted by Gasteiger charge is -2.13. The molecule has 2 aromatic heterocycles. The predicted octanol–water partition coefficient (Wildman–Crippen LogP) is 12.0. The van der Waals surface area contributed by atoms with Crippen LogP contribution >= 0.6 is 0 Å². The summed E-state index contributed by atoms with van der Waals surface area (Å²) in [5.41, 5.74) is 12.7. The van der Waals surface area contributed by atoms with Gasteiger partial charge in [0.15, 0.2) is 0 Å². The van der Waals surface area contributed by atoms with Crippen LogP contribution in [0, 0.1) is 11.3 Å². The molecule has 46 heavy (non-hydrogen) atoms. The molecule has 214 valence electrons. The Labute approximate surface area is 265 Å². The van der Waals surface area contributed by atoms with Gasteiger partial charge in [0.25, 0.3) is 0 Å². The van der Waals surface area contributed by atoms with E-state index in [0.717, 1.165) is 88.4 Å². The normalized spacial score (nSPS) is 11.5. The lowest BCUT2D eigenvalue weighted by molar-refractivity contribution is 0.668. The fourth-order valence-corrected chi connectivity index (χ4v) is 6.74. The summed E-state index contributed by atoms with van der Waals surface area (Å²) in [4.78, 5) is 0. The van der Waals surface area contributed by atoms with E-state index in [1.54, 1.807) is 0 Å². The predicted molar refractivity (Wildman–Crippen MR) is 187 cm³/mol. The van der Waals surface area contributed by atoms with Crippen molar-refractivity contribution in [1.29, 1.82) is 5.26 Å². The minimum Gasteiger partial charge on any atom is -0.456 e. The van der Waals surface area contributed by atoms with Gasteiger partial charge in [-0.1, -0.05) is 91.0 Å². The van der Waals surface area contributed by atoms with E-state index in [1.807, 2.05) is 54.6 Å². The molecule has 0 N–H and O–H groups in total. The quantitative estimate of drug-likeness (QED) is 0.206. The van der Waals surface area contributed by atoms with Crippen molar-refractivity contribution in [3.8, 4) is 50.6 Å². The van der Waals surface area contributed by atoms with E-state index in [-0.39, 0.29) is 0 Å². The molecule has 0 spiro atoms. The molecule has 0 aliphatic heterocycles. The monoisotopic (exact) mass is 587 g/mol. The third-order valence-electron chi connectivity index (χ3n) is 8.91. The lowest BCUT2D eigenvalue weighted by Crippen LogP contribution is -1.89. The van der Waals surface area contributed by atoms with Crippen LogP contribution in [0.3, 0.4) is 0 Å². The molecule has 9 aromatic rings. The first-order valence-corrected chi connectivity index (χ1v) is 15.3. The average Bonchev–Trinajstić information content (AvgIpc) is 3.69. The molecule has 2 heterocycles. The van der Waals surface area contributed by atoms with Crippen LogP contribution in [0.5, 0.6) is 0 Å². The maximum absolute atomic E-state index is 9.80. The molecule has 0 unspecified atom stereocenters. The summed E-state index contributed by atoms with van der Waals surface area (Å²) in [6.07, 6.45) is 0. The maximum Gasteiger partial charge on any atom is 0.136 e. The number of hydrogen-bond donors (Lipinski definition) is 0. The van der Waals surface area contributed by atoms with Gasteiger partial charge in [0.05, 0.1) is 11.6 Å². The molecule has 9 rings (SSSR count). The summed E-state index contributed by atoms with van der Waals surface area (Å²) in [6, 6.07) is 54.5. The van der Waals surface area contributed by atoms with Crippen molar-refractivity contribution in [2.45, 2.75) is 0 Å². The van der Waals surface area contributed by atoms with Gasteiger partial charge in [0.1, 0.15) is 22.3 Å². The number of nitrogens with zero attached hydrogens (tertiary/aromatic N) is 1. The number of nitriles is 1. The van der Waals surface area contributed by atoms with E-state index in [4.69, 9.17) is 8.83 Å². The van der Waals surface area contributed by atoms with E-state index in [9.17, 15) is 5.26 Å². The summed E-state index contributed by atoms with van der Waals surface area (Å²) < 4.78 is 12.4. The van der Waals surface area contributed by atoms with Gasteiger partial charge in [-0.15, -0.1) is 0 Å². The summed E-state index contributed by atoms with van der Waals surface area (Å²) in [5, 5.41) is 14.2. The van der Waals surface area contributed by atoms with Crippen molar-refractivity contribution in [1.82, 2.24) is 0 Å². The Morgan fingerprint density at radius 2 is 0.935 bits per heavy atom. The molecule has 0 saturated heterocycles. The largest absolute Gasteiger partial charge is 0.456 e. The molecule has 0 radical (unpaired) electrons. The second-order valence-electron chi connectivity index (χ2n) is 11.6. The molecule has 0 bridgehead atoms. The molecule has 0 aliphatic carbocycles. The van der Waals surface area contributed by atoms with E-state index >= 15 is 0 Å². The van der Waals surface area contributed by atoms with Crippen LogP contribution in [0.2, 0.25) is 0 Å². The Balaban J connectivity index is 1.29. The first-order chi connectivity index (χ1) is 22.7. The van der Waals surface area contributed by atoms with Crippen LogP contribution in [-0.2, 0) is 0 Å². The first-order valence-electron chi connectivity index (χ1n) is 15.3. The SMILES string of the molecule is N#Cc1ccccc1-c1cccc(-c2cc(-c3ccc4oc5ccccc5c4c3)cc(-c3cccc4oc5ccccc5c34)c2)c1. The molecule has 0 fully saturated rings. The number of rotatable bonds is 4. The molecule has 0 atom stereocenters. The number of para-hydroxylation sites is 2. The molecule has 0 aliphatic rings. The van der Waals surface area contributed by atoms with E-state index in [1.165, 1.54) is 0 Å². The topological polar surface area (TPSA) is 50.1 Å². The smallest absolute Gasteiger partial charge is 0.136 e. The molecule has 3 nitrogen and oxygen atoms in total. The Hall–Kier alpha value is -6.37. The third kappa shape index (κ3) is 4.20. The van der Waals surface area contributed by atoms with Crippen molar-refractivity contribution in [2.24, 2.45) is 0 Å². The second kappa shape index (κ2) is 10.4. The standard InChI is InChI=1S/C43H25NO2/c44-26-30-9-1-2-12-34(30)29-11-7-10-27(21-29)31-22-32(28-19-20-41-38(25-28)36-13-3-5-16-39(36)45-41)24-33(23-31)35-15-8-18-42-43(35)37-14-4-6-17-40(37)46-42/h1-25H. The number of hydrogen-bond acceptors (Lipinski definition) is 3. The average molecular weight is 588 g/mol. The highest BCUT2D eigenvalue weighted by Crippen LogP contribution is 2.41. The van der Waals surface area contributed by atoms with E-state index in [2.05, 4.69) is 103 Å². The molecule has 0 amide bonds. The van der Waals surface area contributed by atoms with Crippen molar-refractivity contribution in [3.63, 3.8) is 0 Å². The summed E-state index contributed by atoms with van der Waals surface area (Å²) >= 11 is 0. The summed E-state index contributed by atoms with van der Waals surface area (Å²) in [5.74, 6) is 0. The number of furan rings is 2. The highest BCUT2D eigenvalue weighted by atomic mass is 16.3. The van der Waals surface area contributed by atoms with E-state index in [0.29, 0.717) is 5.56 Å². The van der Waals surface area contributed by atoms with Crippen molar-refractivity contribution >= 4 is 43.9 Å². The minimum atomic E-state index is 0.660. The van der Waals surface area contributed by atoms with Crippen molar-refractivity contribution < 1.29 is 8.83 Å². The van der Waals surface area contributed by atoms with Crippen LogP contribution < -0.4 is 0 Å². The van der Waals surface area contributed by atoms with Gasteiger partial charge < -0.3 is 8.83 Å². The van der Waals surface area contributed by atoms with Gasteiger partial charge >= 0.3 is 0 Å². The zero-order valence-electron chi connectivity index (χ0n) is 24.7. The molecule has 0 saturated carbocycles. The summed E-state index contributed by atoms with van der Waals surface area (Å²) in [7, 11) is 0. The Morgan fingerprint density at radius 3 is 1.78 bits per heavy atom. The highest BCUT2D eigenvalue weighted by Gasteiger charge is 2.16. The molecule has 3 heteroatoms. The number of benzene rings is 7. The zero-order valence-corrected chi connectivity index (χ0v) is 24.7. The molecule has 7 aromatic carbocycles. The first kappa shape index (κ1) is 26.1. The summed E-state index contributed by atoms with van der Waals surface area (Å²) in [6.45, 7) is 0. The van der Waals surface area contributed by atoms with Crippen LogP contribution in [0.1, 0.15) is 5.56 Å². The lowest BCUT2D eigenvalue weighted by atomic mass is 9.90. The Bertz CT molecular complexity index is 2670. The maximum atomic E-state index is 9.80. The fourth-order valence-electron chi connectivity index (χ4n) is 6.74. The van der Waals surface area contributed by atoms with E-state index < -0.39 is 0 Å². The molecular weight excluding hydrogens is 562 g/mol. The van der Waals surface area contributed by atoms with Gasteiger partial charge in [-0.05, 0) is 105 Å². The van der Waals surface area contributed by atoms with Crippen LogP contribution in [0.15, 0.2) is 160 Å². The third-order valence-corrected chi connectivity index (χ3v) is 8.91. The minimum absolute atomic E-state index is 0.660. The zero-order chi connectivity index (χ0) is 30.6. The molecular formula is C43H25NO2. The fraction of sp³-hybridized carbons (Fsp3) is 0. The van der Waals surface area contributed by atoms with Crippen LogP contribution in [0.25, 0.3) is 88.4 Å².